The summed E-state index contributed by atoms with van der Waals surface area (Å²) in [5.74, 6) is 0.675. The van der Waals surface area contributed by atoms with E-state index in [1.165, 1.54) is 28.8 Å². The van der Waals surface area contributed by atoms with Crippen molar-refractivity contribution >= 4 is 5.82 Å². The van der Waals surface area contributed by atoms with Crippen molar-refractivity contribution in [3.63, 3.8) is 0 Å². The van der Waals surface area contributed by atoms with Crippen molar-refractivity contribution in [3.05, 3.63) is 47.2 Å². The molecule has 3 nitrogen and oxygen atoms in total. The van der Waals surface area contributed by atoms with Crippen molar-refractivity contribution < 1.29 is 0 Å². The SMILES string of the molecule is CNCc1c(N)nc2c(c1-c1ccccc1)CCC2. The number of fused-ring (bicyclic) bond motifs is 1. The normalized spacial score (nSPS) is 13.5. The van der Waals surface area contributed by atoms with E-state index in [-0.39, 0.29) is 0 Å². The van der Waals surface area contributed by atoms with Gasteiger partial charge < -0.3 is 11.1 Å². The molecule has 1 aliphatic rings. The molecule has 0 saturated heterocycles. The summed E-state index contributed by atoms with van der Waals surface area (Å²) < 4.78 is 0. The van der Waals surface area contributed by atoms with Gasteiger partial charge in [0.05, 0.1) is 0 Å². The molecule has 19 heavy (non-hydrogen) atoms. The topological polar surface area (TPSA) is 50.9 Å². The molecule has 1 aromatic heterocycles. The first-order valence-electron chi connectivity index (χ1n) is 6.81. The van der Waals surface area contributed by atoms with E-state index in [1.54, 1.807) is 0 Å². The van der Waals surface area contributed by atoms with Gasteiger partial charge in [0.1, 0.15) is 5.82 Å². The van der Waals surface area contributed by atoms with Crippen LogP contribution in [0, 0.1) is 0 Å². The van der Waals surface area contributed by atoms with E-state index in [9.17, 15) is 0 Å². The highest BCUT2D eigenvalue weighted by Gasteiger charge is 2.22. The summed E-state index contributed by atoms with van der Waals surface area (Å²) in [7, 11) is 1.95. The number of aromatic nitrogens is 1. The molecule has 0 amide bonds. The number of benzene rings is 1. The number of nitrogens with one attached hydrogen (secondary N) is 1. The molecule has 0 saturated carbocycles. The van der Waals surface area contributed by atoms with E-state index in [0.717, 1.165) is 24.9 Å². The fourth-order valence-electron chi connectivity index (χ4n) is 2.95. The minimum atomic E-state index is 0.675. The molecule has 1 aliphatic carbocycles. The minimum Gasteiger partial charge on any atom is -0.383 e. The third-order valence-electron chi connectivity index (χ3n) is 3.77. The largest absolute Gasteiger partial charge is 0.383 e. The molecule has 0 spiro atoms. The van der Waals surface area contributed by atoms with Crippen molar-refractivity contribution in [1.29, 1.82) is 0 Å². The molecule has 3 rings (SSSR count). The summed E-state index contributed by atoms with van der Waals surface area (Å²) in [6.07, 6.45) is 3.35. The van der Waals surface area contributed by atoms with Crippen LogP contribution < -0.4 is 11.1 Å². The highest BCUT2D eigenvalue weighted by molar-refractivity contribution is 5.76. The number of pyridine rings is 1. The first-order valence-corrected chi connectivity index (χ1v) is 6.81. The average Bonchev–Trinajstić information content (AvgIpc) is 2.88. The second kappa shape index (κ2) is 5.02. The van der Waals surface area contributed by atoms with Gasteiger partial charge in [-0.2, -0.15) is 0 Å². The maximum Gasteiger partial charge on any atom is 0.128 e. The third kappa shape index (κ3) is 2.10. The van der Waals surface area contributed by atoms with Crippen molar-refractivity contribution in [2.45, 2.75) is 25.8 Å². The molecule has 98 valence electrons. The van der Waals surface area contributed by atoms with Gasteiger partial charge in [0.2, 0.25) is 0 Å². The highest BCUT2D eigenvalue weighted by Crippen LogP contribution is 2.36. The molecule has 2 aromatic rings. The van der Waals surface area contributed by atoms with E-state index in [4.69, 9.17) is 5.73 Å². The number of aryl methyl sites for hydroxylation is 1. The fraction of sp³-hybridized carbons (Fsp3) is 0.312. The first-order chi connectivity index (χ1) is 9.31. The van der Waals surface area contributed by atoms with Gasteiger partial charge >= 0.3 is 0 Å². The summed E-state index contributed by atoms with van der Waals surface area (Å²) in [6.45, 7) is 0.760. The highest BCUT2D eigenvalue weighted by atomic mass is 14.9. The van der Waals surface area contributed by atoms with Crippen molar-refractivity contribution in [1.82, 2.24) is 10.3 Å². The molecule has 0 bridgehead atoms. The fourth-order valence-corrected chi connectivity index (χ4v) is 2.95. The number of nitrogens with zero attached hydrogens (tertiary/aromatic N) is 1. The summed E-state index contributed by atoms with van der Waals surface area (Å²) in [5, 5.41) is 3.21. The molecule has 0 unspecified atom stereocenters. The molecule has 3 heteroatoms. The van der Waals surface area contributed by atoms with Gasteiger partial charge in [-0.15, -0.1) is 0 Å². The monoisotopic (exact) mass is 253 g/mol. The molecule has 0 aliphatic heterocycles. The van der Waals surface area contributed by atoms with Crippen LogP contribution in [0.4, 0.5) is 5.82 Å². The molecule has 0 atom stereocenters. The lowest BCUT2D eigenvalue weighted by atomic mass is 9.94. The minimum absolute atomic E-state index is 0.675. The van der Waals surface area contributed by atoms with Gasteiger partial charge in [-0.1, -0.05) is 30.3 Å². The molecule has 1 aromatic carbocycles. The van der Waals surface area contributed by atoms with Gasteiger partial charge in [0, 0.05) is 17.8 Å². The smallest absolute Gasteiger partial charge is 0.128 e. The Balaban J connectivity index is 2.25. The molecular formula is C16H19N3. The molecule has 3 N–H and O–H groups in total. The summed E-state index contributed by atoms with van der Waals surface area (Å²) in [5.41, 5.74) is 12.4. The van der Waals surface area contributed by atoms with E-state index < -0.39 is 0 Å². The second-order valence-electron chi connectivity index (χ2n) is 5.03. The molecular weight excluding hydrogens is 234 g/mol. The number of nitrogens with two attached hydrogens (primary N) is 1. The number of nitrogen functional groups attached to an aromatic ring is 1. The quantitative estimate of drug-likeness (QED) is 0.883. The molecule has 0 radical (unpaired) electrons. The standard InChI is InChI=1S/C16H19N3/c1-18-10-13-15(11-6-3-2-4-7-11)12-8-5-9-14(12)19-16(13)17/h2-4,6-7,18H,5,8-10H2,1H3,(H2,17,19). The van der Waals surface area contributed by atoms with Crippen molar-refractivity contribution in [2.75, 3.05) is 12.8 Å². The average molecular weight is 253 g/mol. The molecule has 1 heterocycles. The van der Waals surface area contributed by atoms with E-state index in [2.05, 4.69) is 34.6 Å². The van der Waals surface area contributed by atoms with E-state index in [0.29, 0.717) is 5.82 Å². The van der Waals surface area contributed by atoms with Crippen molar-refractivity contribution in [3.8, 4) is 11.1 Å². The van der Waals surface area contributed by atoms with Crippen LogP contribution in [-0.2, 0) is 19.4 Å². The van der Waals surface area contributed by atoms with Crippen LogP contribution in [0.3, 0.4) is 0 Å². The maximum atomic E-state index is 6.17. The first kappa shape index (κ1) is 12.2. The zero-order valence-electron chi connectivity index (χ0n) is 11.2. The second-order valence-corrected chi connectivity index (χ2v) is 5.03. The van der Waals surface area contributed by atoms with E-state index in [1.807, 2.05) is 13.1 Å². The number of rotatable bonds is 3. The Hall–Kier alpha value is -1.87. The van der Waals surface area contributed by atoms with Crippen LogP contribution in [0.2, 0.25) is 0 Å². The summed E-state index contributed by atoms with van der Waals surface area (Å²) in [4.78, 5) is 4.60. The van der Waals surface area contributed by atoms with Gasteiger partial charge in [0.25, 0.3) is 0 Å². The Bertz CT molecular complexity index is 591. The lowest BCUT2D eigenvalue weighted by Crippen LogP contribution is -2.12. The Morgan fingerprint density at radius 2 is 2.00 bits per heavy atom. The summed E-state index contributed by atoms with van der Waals surface area (Å²) >= 11 is 0. The van der Waals surface area contributed by atoms with Crippen molar-refractivity contribution in [2.24, 2.45) is 0 Å². The van der Waals surface area contributed by atoms with Crippen LogP contribution in [0.25, 0.3) is 11.1 Å². The van der Waals surface area contributed by atoms with Gasteiger partial charge in [-0.3, -0.25) is 0 Å². The maximum absolute atomic E-state index is 6.17. The predicted octanol–water partition coefficient (Wildman–Crippen LogP) is 2.54. The lowest BCUT2D eigenvalue weighted by Gasteiger charge is -2.16. The number of hydrogen-bond donors (Lipinski definition) is 2. The lowest BCUT2D eigenvalue weighted by molar-refractivity contribution is 0.815. The Labute approximate surface area is 113 Å². The number of hydrogen-bond acceptors (Lipinski definition) is 3. The van der Waals surface area contributed by atoms with Gasteiger partial charge in [-0.05, 0) is 43.0 Å². The molecule has 0 fully saturated rings. The zero-order chi connectivity index (χ0) is 13.2. The zero-order valence-corrected chi connectivity index (χ0v) is 11.2. The third-order valence-corrected chi connectivity index (χ3v) is 3.77. The van der Waals surface area contributed by atoms with Crippen LogP contribution >= 0.6 is 0 Å². The Kier molecular flexibility index (Phi) is 3.22. The van der Waals surface area contributed by atoms with Crippen LogP contribution in [0.5, 0.6) is 0 Å². The van der Waals surface area contributed by atoms with E-state index >= 15 is 0 Å². The number of anilines is 1. The predicted molar refractivity (Wildman–Crippen MR) is 78.9 cm³/mol. The Morgan fingerprint density at radius 3 is 2.74 bits per heavy atom. The van der Waals surface area contributed by atoms with Crippen LogP contribution in [0.1, 0.15) is 23.2 Å². The Morgan fingerprint density at radius 1 is 1.21 bits per heavy atom. The van der Waals surface area contributed by atoms with Crippen LogP contribution in [-0.4, -0.2) is 12.0 Å². The van der Waals surface area contributed by atoms with Crippen LogP contribution in [0.15, 0.2) is 30.3 Å². The van der Waals surface area contributed by atoms with Gasteiger partial charge in [0.15, 0.2) is 0 Å². The summed E-state index contributed by atoms with van der Waals surface area (Å²) in [6, 6.07) is 10.5. The van der Waals surface area contributed by atoms with Gasteiger partial charge in [-0.25, -0.2) is 4.98 Å².